The van der Waals surface area contributed by atoms with Crippen LogP contribution >= 0.6 is 23.1 Å². The lowest BCUT2D eigenvalue weighted by Gasteiger charge is -2.30. The molecule has 150 valence electrons. The average molecular weight is 418 g/mol. The molecule has 0 spiro atoms. The van der Waals surface area contributed by atoms with Gasteiger partial charge >= 0.3 is 0 Å². The molecule has 1 aromatic carbocycles. The number of nitrogens with one attached hydrogen (secondary N) is 1. The summed E-state index contributed by atoms with van der Waals surface area (Å²) < 4.78 is 0. The Hall–Kier alpha value is -1.86. The van der Waals surface area contributed by atoms with Gasteiger partial charge in [0.1, 0.15) is 0 Å². The van der Waals surface area contributed by atoms with Crippen molar-refractivity contribution in [2.75, 3.05) is 29.9 Å². The third kappa shape index (κ3) is 5.58. The van der Waals surface area contributed by atoms with Crippen LogP contribution in [-0.4, -0.2) is 46.3 Å². The highest BCUT2D eigenvalue weighted by atomic mass is 32.2. The molecule has 3 rings (SSSR count). The zero-order valence-corrected chi connectivity index (χ0v) is 18.3. The van der Waals surface area contributed by atoms with E-state index in [1.165, 1.54) is 40.6 Å². The fraction of sp³-hybridized carbons (Fsp3) is 0.476. The van der Waals surface area contributed by atoms with Crippen LogP contribution in [-0.2, 0) is 9.59 Å². The van der Waals surface area contributed by atoms with Crippen molar-refractivity contribution in [3.63, 3.8) is 0 Å². The molecule has 1 aliphatic heterocycles. The lowest BCUT2D eigenvalue weighted by Crippen LogP contribution is -2.40. The molecule has 1 atom stereocenters. The predicted molar refractivity (Wildman–Crippen MR) is 118 cm³/mol. The summed E-state index contributed by atoms with van der Waals surface area (Å²) in [6.45, 7) is 8.03. The van der Waals surface area contributed by atoms with Crippen LogP contribution in [0.25, 0.3) is 11.3 Å². The number of nitrogens with zero attached hydrogens (tertiary/aromatic N) is 2. The number of carbonyl (C=O) groups excluding carboxylic acids is 2. The first-order valence-electron chi connectivity index (χ1n) is 9.61. The van der Waals surface area contributed by atoms with E-state index in [0.29, 0.717) is 16.8 Å². The molecule has 0 bridgehead atoms. The van der Waals surface area contributed by atoms with Crippen LogP contribution in [0.4, 0.5) is 5.13 Å². The standard InChI is InChI=1S/C21H27N3O2S2/c1-14-5-4-8-24(10-14)20(26)13-27-12-19(25)23-21-22-18(11-28-21)17-7-6-15(2)16(3)9-17/h6-7,9,11,14H,4-5,8,10,12-13H2,1-3H3,(H,22,23,25)/t14-/m0/s1. The van der Waals surface area contributed by atoms with Crippen molar-refractivity contribution in [3.05, 3.63) is 34.7 Å². The quantitative estimate of drug-likeness (QED) is 0.759. The van der Waals surface area contributed by atoms with Crippen molar-refractivity contribution in [2.45, 2.75) is 33.6 Å². The summed E-state index contributed by atoms with van der Waals surface area (Å²) in [5.41, 5.74) is 4.39. The second-order valence-electron chi connectivity index (χ2n) is 7.47. The Morgan fingerprint density at radius 2 is 2.11 bits per heavy atom. The normalized spacial score (nSPS) is 16.8. The predicted octanol–water partition coefficient (Wildman–Crippen LogP) is 4.36. The van der Waals surface area contributed by atoms with Gasteiger partial charge in [0.2, 0.25) is 11.8 Å². The molecular formula is C21H27N3O2S2. The molecule has 28 heavy (non-hydrogen) atoms. The molecule has 0 unspecified atom stereocenters. The fourth-order valence-electron chi connectivity index (χ4n) is 3.26. The molecule has 7 heteroatoms. The summed E-state index contributed by atoms with van der Waals surface area (Å²) >= 11 is 2.78. The molecule has 1 saturated heterocycles. The topological polar surface area (TPSA) is 62.3 Å². The Labute approximate surface area is 174 Å². The number of thiazole rings is 1. The van der Waals surface area contributed by atoms with Crippen LogP contribution in [0.3, 0.4) is 0 Å². The summed E-state index contributed by atoms with van der Waals surface area (Å²) in [6, 6.07) is 6.24. The molecule has 0 saturated carbocycles. The van der Waals surface area contributed by atoms with Crippen molar-refractivity contribution >= 4 is 40.0 Å². The van der Waals surface area contributed by atoms with Gasteiger partial charge < -0.3 is 10.2 Å². The first-order chi connectivity index (χ1) is 13.4. The largest absolute Gasteiger partial charge is 0.342 e. The van der Waals surface area contributed by atoms with Crippen molar-refractivity contribution in [1.29, 1.82) is 0 Å². The molecule has 0 aliphatic carbocycles. The lowest BCUT2D eigenvalue weighted by atomic mass is 10.0. The van der Waals surface area contributed by atoms with Gasteiger partial charge in [0, 0.05) is 24.0 Å². The zero-order chi connectivity index (χ0) is 20.1. The Morgan fingerprint density at radius 1 is 1.29 bits per heavy atom. The summed E-state index contributed by atoms with van der Waals surface area (Å²) in [4.78, 5) is 30.9. The number of aryl methyl sites for hydroxylation is 2. The maximum Gasteiger partial charge on any atom is 0.236 e. The van der Waals surface area contributed by atoms with E-state index in [2.05, 4.69) is 43.2 Å². The Balaban J connectivity index is 1.45. The van der Waals surface area contributed by atoms with E-state index in [1.807, 2.05) is 16.3 Å². The van der Waals surface area contributed by atoms with E-state index in [4.69, 9.17) is 0 Å². The van der Waals surface area contributed by atoms with Gasteiger partial charge in [-0.2, -0.15) is 0 Å². The van der Waals surface area contributed by atoms with Crippen molar-refractivity contribution in [3.8, 4) is 11.3 Å². The maximum atomic E-state index is 12.3. The van der Waals surface area contributed by atoms with Crippen LogP contribution in [0.1, 0.15) is 30.9 Å². The van der Waals surface area contributed by atoms with E-state index >= 15 is 0 Å². The number of likely N-dealkylation sites (tertiary alicyclic amines) is 1. The number of piperidine rings is 1. The van der Waals surface area contributed by atoms with Gasteiger partial charge in [-0.15, -0.1) is 23.1 Å². The van der Waals surface area contributed by atoms with E-state index in [0.717, 1.165) is 30.8 Å². The highest BCUT2D eigenvalue weighted by molar-refractivity contribution is 8.00. The number of aromatic nitrogens is 1. The summed E-state index contributed by atoms with van der Waals surface area (Å²) in [6.07, 6.45) is 2.27. The number of hydrogen-bond acceptors (Lipinski definition) is 5. The number of rotatable bonds is 6. The number of amides is 2. The number of benzene rings is 1. The molecule has 0 radical (unpaired) electrons. The third-order valence-electron chi connectivity index (χ3n) is 5.02. The van der Waals surface area contributed by atoms with Gasteiger partial charge in [0.25, 0.3) is 0 Å². The first-order valence-corrected chi connectivity index (χ1v) is 11.6. The van der Waals surface area contributed by atoms with Crippen LogP contribution in [0.2, 0.25) is 0 Å². The van der Waals surface area contributed by atoms with Gasteiger partial charge in [-0.05, 0) is 49.8 Å². The van der Waals surface area contributed by atoms with Crippen LogP contribution < -0.4 is 5.32 Å². The molecule has 1 aliphatic rings. The smallest absolute Gasteiger partial charge is 0.236 e. The number of carbonyl (C=O) groups is 2. The highest BCUT2D eigenvalue weighted by Gasteiger charge is 2.21. The monoisotopic (exact) mass is 417 g/mol. The zero-order valence-electron chi connectivity index (χ0n) is 16.7. The SMILES string of the molecule is Cc1ccc(-c2csc(NC(=O)CSCC(=O)N3CCC[C@H](C)C3)n2)cc1C. The molecule has 1 N–H and O–H groups in total. The number of hydrogen-bond donors (Lipinski definition) is 1. The minimum atomic E-state index is -0.120. The minimum absolute atomic E-state index is 0.120. The van der Waals surface area contributed by atoms with Crippen molar-refractivity contribution in [2.24, 2.45) is 5.92 Å². The molecular weight excluding hydrogens is 390 g/mol. The number of thioether (sulfide) groups is 1. The molecule has 1 aromatic heterocycles. The summed E-state index contributed by atoms with van der Waals surface area (Å²) in [7, 11) is 0. The number of anilines is 1. The highest BCUT2D eigenvalue weighted by Crippen LogP contribution is 2.26. The van der Waals surface area contributed by atoms with Gasteiger partial charge in [-0.25, -0.2) is 4.98 Å². The minimum Gasteiger partial charge on any atom is -0.342 e. The first kappa shape index (κ1) is 20.9. The Morgan fingerprint density at radius 3 is 2.86 bits per heavy atom. The third-order valence-corrected chi connectivity index (χ3v) is 6.70. The van der Waals surface area contributed by atoms with E-state index in [-0.39, 0.29) is 17.6 Å². The van der Waals surface area contributed by atoms with Crippen molar-refractivity contribution in [1.82, 2.24) is 9.88 Å². The van der Waals surface area contributed by atoms with Crippen LogP contribution in [0, 0.1) is 19.8 Å². The molecule has 2 amide bonds. The second-order valence-corrected chi connectivity index (χ2v) is 9.31. The molecule has 2 aromatic rings. The Bertz CT molecular complexity index is 850. The van der Waals surface area contributed by atoms with Gasteiger partial charge in [-0.3, -0.25) is 9.59 Å². The van der Waals surface area contributed by atoms with E-state index < -0.39 is 0 Å². The summed E-state index contributed by atoms with van der Waals surface area (Å²) in [5.74, 6) is 1.20. The summed E-state index contributed by atoms with van der Waals surface area (Å²) in [5, 5.41) is 5.39. The van der Waals surface area contributed by atoms with Crippen LogP contribution in [0.5, 0.6) is 0 Å². The average Bonchev–Trinajstić information content (AvgIpc) is 3.12. The molecule has 2 heterocycles. The van der Waals surface area contributed by atoms with Crippen LogP contribution in [0.15, 0.2) is 23.6 Å². The van der Waals surface area contributed by atoms with E-state index in [1.54, 1.807) is 0 Å². The fourth-order valence-corrected chi connectivity index (χ4v) is 4.71. The molecule has 5 nitrogen and oxygen atoms in total. The molecule has 1 fully saturated rings. The van der Waals surface area contributed by atoms with E-state index in [9.17, 15) is 9.59 Å². The Kier molecular flexibility index (Phi) is 7.13. The van der Waals surface area contributed by atoms with Crippen molar-refractivity contribution < 1.29 is 9.59 Å². The van der Waals surface area contributed by atoms with Gasteiger partial charge in [-0.1, -0.05) is 19.1 Å². The lowest BCUT2D eigenvalue weighted by molar-refractivity contribution is -0.130. The maximum absolute atomic E-state index is 12.3. The second kappa shape index (κ2) is 9.56. The van der Waals surface area contributed by atoms with Gasteiger partial charge in [0.15, 0.2) is 5.13 Å². The van der Waals surface area contributed by atoms with Gasteiger partial charge in [0.05, 0.1) is 17.2 Å².